The largest absolute Gasteiger partial charge is 0.481 e. The molecule has 0 radical (unpaired) electrons. The quantitative estimate of drug-likeness (QED) is 0.799. The Morgan fingerprint density at radius 2 is 1.76 bits per heavy atom. The van der Waals surface area contributed by atoms with Crippen LogP contribution in [0, 0.1) is 5.41 Å². The van der Waals surface area contributed by atoms with E-state index >= 15 is 0 Å². The molecule has 0 aromatic rings. The molecule has 1 rings (SSSR count). The number of rotatable bonds is 4. The van der Waals surface area contributed by atoms with Crippen LogP contribution in [0.25, 0.3) is 0 Å². The van der Waals surface area contributed by atoms with Crippen LogP contribution in [0.15, 0.2) is 0 Å². The first-order chi connectivity index (χ1) is 9.69. The van der Waals surface area contributed by atoms with Gasteiger partial charge in [-0.15, -0.1) is 0 Å². The van der Waals surface area contributed by atoms with Crippen molar-refractivity contribution in [1.29, 1.82) is 0 Å². The molecule has 1 aliphatic heterocycles. The zero-order chi connectivity index (χ0) is 16.0. The van der Waals surface area contributed by atoms with Gasteiger partial charge in [0.1, 0.15) is 0 Å². The number of hydrogen-bond acceptors (Lipinski definition) is 4. The summed E-state index contributed by atoms with van der Waals surface area (Å²) in [5, 5.41) is 11.2. The maximum atomic E-state index is 12.0. The highest BCUT2D eigenvalue weighted by molar-refractivity contribution is 5.94. The van der Waals surface area contributed by atoms with Gasteiger partial charge in [-0.2, -0.15) is 0 Å². The summed E-state index contributed by atoms with van der Waals surface area (Å²) >= 11 is 0. The summed E-state index contributed by atoms with van der Waals surface area (Å²) < 4.78 is 0. The average molecular weight is 299 g/mol. The SMILES string of the molecule is CN1CCCN(C(=O)NC(=O)CC(C)(C)CC(=O)O)CC1. The Balaban J connectivity index is 2.46. The molecule has 21 heavy (non-hydrogen) atoms. The number of carbonyl (C=O) groups excluding carboxylic acids is 2. The molecular formula is C14H25N3O4. The Kier molecular flexibility index (Phi) is 6.14. The lowest BCUT2D eigenvalue weighted by Crippen LogP contribution is -2.45. The van der Waals surface area contributed by atoms with Gasteiger partial charge in [0.2, 0.25) is 5.91 Å². The first-order valence-electron chi connectivity index (χ1n) is 7.19. The van der Waals surface area contributed by atoms with Gasteiger partial charge in [-0.3, -0.25) is 14.9 Å². The predicted octanol–water partition coefficient (Wildman–Crippen LogP) is 0.751. The number of carbonyl (C=O) groups is 3. The molecule has 2 N–H and O–H groups in total. The van der Waals surface area contributed by atoms with Crippen LogP contribution < -0.4 is 5.32 Å². The smallest absolute Gasteiger partial charge is 0.324 e. The van der Waals surface area contributed by atoms with Crippen LogP contribution in [0.5, 0.6) is 0 Å². The van der Waals surface area contributed by atoms with Crippen molar-refractivity contribution >= 4 is 17.9 Å². The third-order valence-electron chi connectivity index (χ3n) is 3.52. The lowest BCUT2D eigenvalue weighted by Gasteiger charge is -2.24. The topological polar surface area (TPSA) is 90.0 Å². The van der Waals surface area contributed by atoms with Gasteiger partial charge in [-0.1, -0.05) is 13.8 Å². The van der Waals surface area contributed by atoms with Crippen LogP contribution in [-0.4, -0.2) is 66.0 Å². The maximum absolute atomic E-state index is 12.0. The highest BCUT2D eigenvalue weighted by Gasteiger charge is 2.27. The van der Waals surface area contributed by atoms with E-state index in [9.17, 15) is 14.4 Å². The number of hydrogen-bond donors (Lipinski definition) is 2. The number of urea groups is 1. The third kappa shape index (κ3) is 6.57. The highest BCUT2D eigenvalue weighted by Crippen LogP contribution is 2.24. The fourth-order valence-electron chi connectivity index (χ4n) is 2.40. The minimum absolute atomic E-state index is 0.0127. The summed E-state index contributed by atoms with van der Waals surface area (Å²) in [5.41, 5.74) is -0.671. The Labute approximate surface area is 125 Å². The van der Waals surface area contributed by atoms with Crippen LogP contribution in [0.4, 0.5) is 4.79 Å². The molecule has 120 valence electrons. The summed E-state index contributed by atoms with van der Waals surface area (Å²) in [7, 11) is 2.00. The molecule has 1 saturated heterocycles. The van der Waals surface area contributed by atoms with E-state index in [2.05, 4.69) is 10.2 Å². The van der Waals surface area contributed by atoms with Crippen LogP contribution in [0.3, 0.4) is 0 Å². The van der Waals surface area contributed by atoms with Gasteiger partial charge >= 0.3 is 12.0 Å². The molecule has 0 spiro atoms. The van der Waals surface area contributed by atoms with Gasteiger partial charge < -0.3 is 14.9 Å². The summed E-state index contributed by atoms with van der Waals surface area (Å²) in [4.78, 5) is 38.4. The third-order valence-corrected chi connectivity index (χ3v) is 3.52. The molecule has 7 heteroatoms. The van der Waals surface area contributed by atoms with Gasteiger partial charge in [0.05, 0.1) is 6.42 Å². The monoisotopic (exact) mass is 299 g/mol. The molecular weight excluding hydrogens is 274 g/mol. The molecule has 0 aliphatic carbocycles. The molecule has 1 fully saturated rings. The zero-order valence-corrected chi connectivity index (χ0v) is 13.0. The molecule has 1 heterocycles. The molecule has 0 aromatic carbocycles. The van der Waals surface area contributed by atoms with Gasteiger partial charge in [0.15, 0.2) is 0 Å². The fourth-order valence-corrected chi connectivity index (χ4v) is 2.40. The second-order valence-corrected chi connectivity index (χ2v) is 6.41. The lowest BCUT2D eigenvalue weighted by molar-refractivity contribution is -0.139. The molecule has 1 aliphatic rings. The van der Waals surface area contributed by atoms with E-state index in [1.165, 1.54) is 0 Å². The summed E-state index contributed by atoms with van der Waals surface area (Å²) in [6.45, 7) is 6.34. The van der Waals surface area contributed by atoms with Gasteiger partial charge in [-0.05, 0) is 25.4 Å². The Hall–Kier alpha value is -1.63. The highest BCUT2D eigenvalue weighted by atomic mass is 16.4. The van der Waals surface area contributed by atoms with Gasteiger partial charge in [0.25, 0.3) is 0 Å². The Morgan fingerprint density at radius 1 is 1.10 bits per heavy atom. The van der Waals surface area contributed by atoms with Crippen molar-refractivity contribution in [3.8, 4) is 0 Å². The van der Waals surface area contributed by atoms with Gasteiger partial charge in [0, 0.05) is 26.1 Å². The number of amides is 3. The van der Waals surface area contributed by atoms with E-state index in [1.807, 2.05) is 7.05 Å². The molecule has 0 atom stereocenters. The molecule has 3 amide bonds. The van der Waals surface area contributed by atoms with E-state index in [0.29, 0.717) is 13.1 Å². The van der Waals surface area contributed by atoms with Crippen LogP contribution in [0.2, 0.25) is 0 Å². The van der Waals surface area contributed by atoms with E-state index in [4.69, 9.17) is 5.11 Å². The minimum atomic E-state index is -0.949. The zero-order valence-electron chi connectivity index (χ0n) is 13.0. The summed E-state index contributed by atoms with van der Waals surface area (Å²) in [6, 6.07) is -0.388. The van der Waals surface area contributed by atoms with Crippen LogP contribution in [-0.2, 0) is 9.59 Å². The van der Waals surface area contributed by atoms with E-state index < -0.39 is 17.3 Å². The number of likely N-dealkylation sites (N-methyl/N-ethyl adjacent to an activating group) is 1. The molecule has 0 saturated carbocycles. The normalized spacial score (nSPS) is 17.2. The number of nitrogens with zero attached hydrogens (tertiary/aromatic N) is 2. The predicted molar refractivity (Wildman–Crippen MR) is 77.9 cm³/mol. The van der Waals surface area contributed by atoms with Crippen LogP contribution in [0.1, 0.15) is 33.1 Å². The van der Waals surface area contributed by atoms with Crippen molar-refractivity contribution in [3.05, 3.63) is 0 Å². The summed E-state index contributed by atoms with van der Waals surface area (Å²) in [5.74, 6) is -1.38. The number of nitrogens with one attached hydrogen (secondary N) is 1. The van der Waals surface area contributed by atoms with Crippen molar-refractivity contribution < 1.29 is 19.5 Å². The Bertz CT molecular complexity index is 409. The molecule has 0 bridgehead atoms. The standard InChI is InChI=1S/C14H25N3O4/c1-14(2,10-12(19)20)9-11(18)15-13(21)17-6-4-5-16(3)7-8-17/h4-10H2,1-3H3,(H,19,20)(H,15,18,21). The summed E-state index contributed by atoms with van der Waals surface area (Å²) in [6.07, 6.45) is 0.782. The second kappa shape index (κ2) is 7.40. The number of carboxylic acids is 1. The number of aliphatic carboxylic acids is 1. The maximum Gasteiger partial charge on any atom is 0.324 e. The van der Waals surface area contributed by atoms with Crippen molar-refractivity contribution in [2.45, 2.75) is 33.1 Å². The van der Waals surface area contributed by atoms with E-state index in [-0.39, 0.29) is 18.9 Å². The second-order valence-electron chi connectivity index (χ2n) is 6.41. The van der Waals surface area contributed by atoms with Crippen LogP contribution >= 0.6 is 0 Å². The Morgan fingerprint density at radius 3 is 2.38 bits per heavy atom. The van der Waals surface area contributed by atoms with Gasteiger partial charge in [-0.25, -0.2) is 4.79 Å². The molecule has 0 unspecified atom stereocenters. The number of carboxylic acid groups (broad SMARTS) is 1. The first-order valence-corrected chi connectivity index (χ1v) is 7.19. The molecule has 0 aromatic heterocycles. The van der Waals surface area contributed by atoms with Crippen molar-refractivity contribution in [2.24, 2.45) is 5.41 Å². The fraction of sp³-hybridized carbons (Fsp3) is 0.786. The van der Waals surface area contributed by atoms with Crippen molar-refractivity contribution in [3.63, 3.8) is 0 Å². The molecule has 7 nitrogen and oxygen atoms in total. The minimum Gasteiger partial charge on any atom is -0.481 e. The first kappa shape index (κ1) is 17.4. The van der Waals surface area contributed by atoms with Crippen molar-refractivity contribution in [2.75, 3.05) is 33.2 Å². The lowest BCUT2D eigenvalue weighted by atomic mass is 9.85. The average Bonchev–Trinajstić information content (AvgIpc) is 2.50. The number of imide groups is 1. The van der Waals surface area contributed by atoms with E-state index in [1.54, 1.807) is 18.7 Å². The van der Waals surface area contributed by atoms with E-state index in [0.717, 1.165) is 19.5 Å². The van der Waals surface area contributed by atoms with Crippen molar-refractivity contribution in [1.82, 2.24) is 15.1 Å².